The Labute approximate surface area is 166 Å². The van der Waals surface area contributed by atoms with Crippen LogP contribution < -0.4 is 0 Å². The van der Waals surface area contributed by atoms with Gasteiger partial charge in [0.1, 0.15) is 38.6 Å². The Morgan fingerprint density at radius 2 is 1.14 bits per heavy atom. The summed E-state index contributed by atoms with van der Waals surface area (Å²) in [7, 11) is 0. The first kappa shape index (κ1) is 22.8. The third-order valence-electron chi connectivity index (χ3n) is 3.10. The van der Waals surface area contributed by atoms with Crippen molar-refractivity contribution in [1.82, 2.24) is 0 Å². The lowest BCUT2D eigenvalue weighted by atomic mass is 10.1. The minimum atomic E-state index is -0.882. The van der Waals surface area contributed by atoms with Crippen LogP contribution in [-0.4, -0.2) is 48.8 Å². The highest BCUT2D eigenvalue weighted by molar-refractivity contribution is 5.56. The van der Waals surface area contributed by atoms with Crippen molar-refractivity contribution in [2.45, 2.75) is 12.2 Å². The van der Waals surface area contributed by atoms with E-state index in [0.717, 1.165) is 11.1 Å². The first-order chi connectivity index (χ1) is 13.7. The molecule has 2 atom stereocenters. The molecular weight excluding hydrogens is 352 g/mol. The van der Waals surface area contributed by atoms with Crippen LogP contribution in [0.5, 0.6) is 0 Å². The average Bonchev–Trinajstić information content (AvgIpc) is 2.71. The van der Waals surface area contributed by atoms with Crippen molar-refractivity contribution in [3.05, 3.63) is 47.5 Å². The van der Waals surface area contributed by atoms with E-state index in [1.54, 1.807) is 24.3 Å². The van der Waals surface area contributed by atoms with Gasteiger partial charge in [-0.2, -0.15) is 0 Å². The van der Waals surface area contributed by atoms with Crippen molar-refractivity contribution < 1.29 is 19.7 Å². The number of rotatable bonds is 8. The molecule has 0 saturated heterocycles. The molecule has 1 aromatic carbocycles. The summed E-state index contributed by atoms with van der Waals surface area (Å²) < 4.78 is 9.99. The summed E-state index contributed by atoms with van der Waals surface area (Å²) in [5, 5.41) is 19.5. The van der Waals surface area contributed by atoms with Crippen molar-refractivity contribution in [3.8, 4) is 48.4 Å². The standard InChI is InChI=1S/C24H22O4/c1-3-17-27-19-5-7-23(25)15-13-21-9-11-22(12-10-21)14-16-24(26)8-6-20-28-18-4-2/h1-2,9-16,23-26H,17-20H2/b15-13+,16-14+. The van der Waals surface area contributed by atoms with Crippen molar-refractivity contribution in [2.24, 2.45) is 0 Å². The predicted octanol–water partition coefficient (Wildman–Crippen LogP) is 1.74. The van der Waals surface area contributed by atoms with Crippen LogP contribution in [-0.2, 0) is 9.47 Å². The second-order valence-electron chi connectivity index (χ2n) is 5.31. The normalized spacial score (nSPS) is 12.3. The second-order valence-corrected chi connectivity index (χ2v) is 5.31. The summed E-state index contributed by atoms with van der Waals surface area (Å²) in [4.78, 5) is 0. The van der Waals surface area contributed by atoms with Crippen LogP contribution in [0.4, 0.5) is 0 Å². The minimum Gasteiger partial charge on any atom is -0.377 e. The van der Waals surface area contributed by atoms with E-state index in [4.69, 9.17) is 22.3 Å². The van der Waals surface area contributed by atoms with Gasteiger partial charge in [0.05, 0.1) is 0 Å². The van der Waals surface area contributed by atoms with Gasteiger partial charge in [0.25, 0.3) is 0 Å². The summed E-state index contributed by atoms with van der Waals surface area (Å²) in [6.07, 6.45) is 15.0. The molecule has 0 amide bonds. The molecule has 0 aliphatic carbocycles. The fourth-order valence-corrected chi connectivity index (χ4v) is 1.83. The molecule has 4 nitrogen and oxygen atoms in total. The molecule has 2 unspecified atom stereocenters. The lowest BCUT2D eigenvalue weighted by molar-refractivity contribution is 0.204. The van der Waals surface area contributed by atoms with Gasteiger partial charge in [0.15, 0.2) is 0 Å². The Balaban J connectivity index is 2.48. The molecule has 0 spiro atoms. The smallest absolute Gasteiger partial charge is 0.133 e. The molecule has 28 heavy (non-hydrogen) atoms. The average molecular weight is 374 g/mol. The quantitative estimate of drug-likeness (QED) is 0.538. The highest BCUT2D eigenvalue weighted by atomic mass is 16.5. The zero-order chi connectivity index (χ0) is 20.5. The minimum absolute atomic E-state index is 0.185. The third kappa shape index (κ3) is 11.4. The molecule has 0 fully saturated rings. The molecule has 2 N–H and O–H groups in total. The Kier molecular flexibility index (Phi) is 12.1. The maximum Gasteiger partial charge on any atom is 0.133 e. The summed E-state index contributed by atoms with van der Waals surface area (Å²) >= 11 is 0. The molecule has 1 aromatic rings. The van der Waals surface area contributed by atoms with Crippen LogP contribution in [0.3, 0.4) is 0 Å². The predicted molar refractivity (Wildman–Crippen MR) is 111 cm³/mol. The van der Waals surface area contributed by atoms with E-state index in [2.05, 4.69) is 35.5 Å². The molecular formula is C24H22O4. The SMILES string of the molecule is C#CCOCC#CC(O)/C=C/c1ccc(/C=C/C(O)C#CCOCC#C)cc1. The van der Waals surface area contributed by atoms with Crippen LogP contribution in [0, 0.1) is 48.4 Å². The molecule has 4 heteroatoms. The zero-order valence-corrected chi connectivity index (χ0v) is 15.5. The van der Waals surface area contributed by atoms with E-state index in [-0.39, 0.29) is 26.4 Å². The van der Waals surface area contributed by atoms with E-state index in [9.17, 15) is 10.2 Å². The first-order valence-electron chi connectivity index (χ1n) is 8.47. The Bertz CT molecular complexity index is 770. The lowest BCUT2D eigenvalue weighted by Crippen LogP contribution is -1.98. The molecule has 0 aromatic heterocycles. The maximum atomic E-state index is 9.76. The molecule has 142 valence electrons. The Hall–Kier alpha value is -3.22. The van der Waals surface area contributed by atoms with E-state index >= 15 is 0 Å². The van der Waals surface area contributed by atoms with Gasteiger partial charge in [-0.1, -0.05) is 71.9 Å². The topological polar surface area (TPSA) is 58.9 Å². The van der Waals surface area contributed by atoms with E-state index in [1.165, 1.54) is 0 Å². The van der Waals surface area contributed by atoms with Gasteiger partial charge in [-0.05, 0) is 23.3 Å². The van der Waals surface area contributed by atoms with Gasteiger partial charge >= 0.3 is 0 Å². The van der Waals surface area contributed by atoms with Gasteiger partial charge in [-0.15, -0.1) is 12.8 Å². The number of aliphatic hydroxyl groups excluding tert-OH is 2. The maximum absolute atomic E-state index is 9.76. The van der Waals surface area contributed by atoms with Gasteiger partial charge in [0, 0.05) is 0 Å². The second kappa shape index (κ2) is 14.9. The molecule has 1 rings (SSSR count). The van der Waals surface area contributed by atoms with Crippen molar-refractivity contribution >= 4 is 12.2 Å². The van der Waals surface area contributed by atoms with Gasteiger partial charge in [-0.3, -0.25) is 0 Å². The van der Waals surface area contributed by atoms with Crippen molar-refractivity contribution in [2.75, 3.05) is 26.4 Å². The van der Waals surface area contributed by atoms with Crippen molar-refractivity contribution in [3.63, 3.8) is 0 Å². The first-order valence-corrected chi connectivity index (χ1v) is 8.47. The molecule has 0 bridgehead atoms. The number of hydrogen-bond acceptors (Lipinski definition) is 4. The fourth-order valence-electron chi connectivity index (χ4n) is 1.83. The number of ether oxygens (including phenoxy) is 2. The Morgan fingerprint density at radius 3 is 1.50 bits per heavy atom. The van der Waals surface area contributed by atoms with Crippen molar-refractivity contribution in [1.29, 1.82) is 0 Å². The van der Waals surface area contributed by atoms with Crippen LogP contribution in [0.1, 0.15) is 11.1 Å². The zero-order valence-electron chi connectivity index (χ0n) is 15.5. The highest BCUT2D eigenvalue weighted by Crippen LogP contribution is 2.08. The van der Waals surface area contributed by atoms with Crippen LogP contribution >= 0.6 is 0 Å². The van der Waals surface area contributed by atoms with Crippen LogP contribution in [0.2, 0.25) is 0 Å². The summed E-state index contributed by atoms with van der Waals surface area (Å²) in [5.41, 5.74) is 1.82. The van der Waals surface area contributed by atoms with Crippen LogP contribution in [0.15, 0.2) is 36.4 Å². The highest BCUT2D eigenvalue weighted by Gasteiger charge is 1.94. The number of aliphatic hydroxyl groups is 2. The third-order valence-corrected chi connectivity index (χ3v) is 3.10. The molecule has 0 radical (unpaired) electrons. The number of benzene rings is 1. The summed E-state index contributed by atoms with van der Waals surface area (Å²) in [6, 6.07) is 7.55. The van der Waals surface area contributed by atoms with Crippen LogP contribution in [0.25, 0.3) is 12.2 Å². The number of hydrogen-bond donors (Lipinski definition) is 2. The molecule has 0 aliphatic heterocycles. The summed E-state index contributed by atoms with van der Waals surface area (Å²) in [5.74, 6) is 15.3. The van der Waals surface area contributed by atoms with E-state index in [0.29, 0.717) is 0 Å². The molecule has 0 saturated carbocycles. The monoisotopic (exact) mass is 374 g/mol. The fraction of sp³-hybridized carbons (Fsp3) is 0.250. The Morgan fingerprint density at radius 1 is 0.750 bits per heavy atom. The van der Waals surface area contributed by atoms with Gasteiger partial charge in [0.2, 0.25) is 0 Å². The lowest BCUT2D eigenvalue weighted by Gasteiger charge is -1.99. The molecule has 0 heterocycles. The van der Waals surface area contributed by atoms with E-state index in [1.807, 2.05) is 24.3 Å². The number of terminal acetylenes is 2. The van der Waals surface area contributed by atoms with Gasteiger partial charge < -0.3 is 19.7 Å². The molecule has 0 aliphatic rings. The largest absolute Gasteiger partial charge is 0.377 e. The van der Waals surface area contributed by atoms with E-state index < -0.39 is 12.2 Å². The van der Waals surface area contributed by atoms with Gasteiger partial charge in [-0.25, -0.2) is 0 Å². The summed E-state index contributed by atoms with van der Waals surface area (Å²) in [6.45, 7) is 0.770.